The van der Waals surface area contributed by atoms with E-state index in [0.29, 0.717) is 37.3 Å². The van der Waals surface area contributed by atoms with Crippen LogP contribution in [0.25, 0.3) is 0 Å². The standard InChI is InChI=1S/C16H19N3O3/c1-12-14(3-5-17-12)16(21)19-7-2-6-18(8-9-19)15(20)13-4-10-22-11-13/h3-5,10-11,17H,2,6-9H2,1H3. The molecule has 0 saturated carbocycles. The van der Waals surface area contributed by atoms with Crippen LogP contribution in [0.4, 0.5) is 0 Å². The van der Waals surface area contributed by atoms with Crippen LogP contribution in [0.1, 0.15) is 32.8 Å². The fourth-order valence-electron chi connectivity index (χ4n) is 2.75. The number of hydrogen-bond donors (Lipinski definition) is 1. The minimum absolute atomic E-state index is 0.0244. The summed E-state index contributed by atoms with van der Waals surface area (Å²) in [6.07, 6.45) is 5.50. The third-order valence-corrected chi connectivity index (χ3v) is 4.02. The van der Waals surface area contributed by atoms with Gasteiger partial charge >= 0.3 is 0 Å². The van der Waals surface area contributed by atoms with Crippen LogP contribution in [0.2, 0.25) is 0 Å². The highest BCUT2D eigenvalue weighted by atomic mass is 16.3. The predicted molar refractivity (Wildman–Crippen MR) is 80.7 cm³/mol. The number of furan rings is 1. The maximum absolute atomic E-state index is 12.5. The van der Waals surface area contributed by atoms with Crippen LogP contribution >= 0.6 is 0 Å². The van der Waals surface area contributed by atoms with E-state index < -0.39 is 0 Å². The number of aromatic nitrogens is 1. The van der Waals surface area contributed by atoms with E-state index in [1.165, 1.54) is 12.5 Å². The van der Waals surface area contributed by atoms with E-state index in [1.54, 1.807) is 23.2 Å². The molecule has 0 bridgehead atoms. The van der Waals surface area contributed by atoms with Crippen molar-refractivity contribution in [3.63, 3.8) is 0 Å². The van der Waals surface area contributed by atoms with Crippen molar-refractivity contribution in [2.24, 2.45) is 0 Å². The lowest BCUT2D eigenvalue weighted by Crippen LogP contribution is -2.37. The smallest absolute Gasteiger partial charge is 0.257 e. The van der Waals surface area contributed by atoms with Crippen LogP contribution in [0, 0.1) is 6.92 Å². The van der Waals surface area contributed by atoms with Crippen LogP contribution in [-0.4, -0.2) is 52.8 Å². The molecule has 1 aliphatic heterocycles. The van der Waals surface area contributed by atoms with Crippen molar-refractivity contribution in [3.05, 3.63) is 47.7 Å². The van der Waals surface area contributed by atoms with Crippen LogP contribution in [0.15, 0.2) is 35.3 Å². The Bertz CT molecular complexity index is 660. The molecule has 22 heavy (non-hydrogen) atoms. The van der Waals surface area contributed by atoms with Gasteiger partial charge in [-0.1, -0.05) is 0 Å². The Balaban J connectivity index is 1.66. The van der Waals surface area contributed by atoms with Gasteiger partial charge in [-0.15, -0.1) is 0 Å². The number of amides is 2. The molecule has 0 atom stereocenters. The molecule has 2 aromatic rings. The number of H-pyrrole nitrogens is 1. The zero-order valence-electron chi connectivity index (χ0n) is 12.5. The van der Waals surface area contributed by atoms with Gasteiger partial charge in [-0.2, -0.15) is 0 Å². The first-order valence-electron chi connectivity index (χ1n) is 7.41. The van der Waals surface area contributed by atoms with Gasteiger partial charge in [-0.25, -0.2) is 0 Å². The van der Waals surface area contributed by atoms with E-state index in [1.807, 2.05) is 11.8 Å². The maximum Gasteiger partial charge on any atom is 0.257 e. The molecule has 0 unspecified atom stereocenters. The molecule has 2 aromatic heterocycles. The van der Waals surface area contributed by atoms with Crippen molar-refractivity contribution >= 4 is 11.8 Å². The van der Waals surface area contributed by atoms with Crippen molar-refractivity contribution in [2.45, 2.75) is 13.3 Å². The molecule has 1 saturated heterocycles. The first kappa shape index (κ1) is 14.4. The number of carbonyl (C=O) groups excluding carboxylic acids is 2. The van der Waals surface area contributed by atoms with Crippen molar-refractivity contribution in [2.75, 3.05) is 26.2 Å². The van der Waals surface area contributed by atoms with Crippen molar-refractivity contribution in [1.29, 1.82) is 0 Å². The molecular weight excluding hydrogens is 282 g/mol. The number of hydrogen-bond acceptors (Lipinski definition) is 3. The third kappa shape index (κ3) is 2.77. The van der Waals surface area contributed by atoms with Gasteiger partial charge in [0.25, 0.3) is 11.8 Å². The molecule has 0 aromatic carbocycles. The molecule has 116 valence electrons. The normalized spacial score (nSPS) is 15.7. The second kappa shape index (κ2) is 6.09. The van der Waals surface area contributed by atoms with Crippen LogP contribution in [0.5, 0.6) is 0 Å². The molecule has 1 aliphatic rings. The Labute approximate surface area is 128 Å². The lowest BCUT2D eigenvalue weighted by atomic mass is 10.2. The highest BCUT2D eigenvalue weighted by Crippen LogP contribution is 2.14. The fourth-order valence-corrected chi connectivity index (χ4v) is 2.75. The molecule has 1 fully saturated rings. The van der Waals surface area contributed by atoms with E-state index >= 15 is 0 Å². The van der Waals surface area contributed by atoms with E-state index in [9.17, 15) is 9.59 Å². The van der Waals surface area contributed by atoms with Gasteiger partial charge in [0.15, 0.2) is 0 Å². The Morgan fingerprint density at radius 1 is 1.09 bits per heavy atom. The van der Waals surface area contributed by atoms with Crippen molar-refractivity contribution < 1.29 is 14.0 Å². The first-order chi connectivity index (χ1) is 10.7. The number of aromatic amines is 1. The number of nitrogens with one attached hydrogen (secondary N) is 1. The summed E-state index contributed by atoms with van der Waals surface area (Å²) < 4.78 is 4.96. The Morgan fingerprint density at radius 2 is 1.82 bits per heavy atom. The molecule has 6 nitrogen and oxygen atoms in total. The minimum atomic E-state index is -0.0409. The van der Waals surface area contributed by atoms with Gasteiger partial charge < -0.3 is 19.2 Å². The number of carbonyl (C=O) groups is 2. The van der Waals surface area contributed by atoms with Gasteiger partial charge in [0, 0.05) is 38.1 Å². The van der Waals surface area contributed by atoms with Crippen LogP contribution < -0.4 is 0 Å². The zero-order valence-corrected chi connectivity index (χ0v) is 12.5. The maximum atomic E-state index is 12.5. The monoisotopic (exact) mass is 301 g/mol. The molecular formula is C16H19N3O3. The summed E-state index contributed by atoms with van der Waals surface area (Å²) in [5, 5.41) is 0. The summed E-state index contributed by atoms with van der Waals surface area (Å²) in [4.78, 5) is 31.5. The average Bonchev–Trinajstić information content (AvgIpc) is 3.12. The highest BCUT2D eigenvalue weighted by molar-refractivity contribution is 5.96. The summed E-state index contributed by atoms with van der Waals surface area (Å²) >= 11 is 0. The summed E-state index contributed by atoms with van der Waals surface area (Å²) in [7, 11) is 0. The van der Waals surface area contributed by atoms with Gasteiger partial charge in [0.05, 0.1) is 17.4 Å². The van der Waals surface area contributed by atoms with Crippen molar-refractivity contribution in [3.8, 4) is 0 Å². The number of aryl methyl sites for hydroxylation is 1. The first-order valence-corrected chi connectivity index (χ1v) is 7.41. The molecule has 1 N–H and O–H groups in total. The van der Waals surface area contributed by atoms with Gasteiger partial charge in [-0.05, 0) is 25.5 Å². The molecule has 3 heterocycles. The van der Waals surface area contributed by atoms with Crippen molar-refractivity contribution in [1.82, 2.24) is 14.8 Å². The third-order valence-electron chi connectivity index (χ3n) is 4.02. The van der Waals surface area contributed by atoms with Crippen LogP contribution in [-0.2, 0) is 0 Å². The fraction of sp³-hybridized carbons (Fsp3) is 0.375. The lowest BCUT2D eigenvalue weighted by Gasteiger charge is -2.21. The van der Waals surface area contributed by atoms with Gasteiger partial charge in [-0.3, -0.25) is 9.59 Å². The SMILES string of the molecule is Cc1[nH]ccc1C(=O)N1CCCN(C(=O)c2ccoc2)CC1. The molecule has 3 rings (SSSR count). The van der Waals surface area contributed by atoms with E-state index in [-0.39, 0.29) is 11.8 Å². The Kier molecular flexibility index (Phi) is 4.00. The summed E-state index contributed by atoms with van der Waals surface area (Å²) in [5.74, 6) is -0.0164. The van der Waals surface area contributed by atoms with Gasteiger partial charge in [0.1, 0.15) is 6.26 Å². The number of rotatable bonds is 2. The quantitative estimate of drug-likeness (QED) is 0.921. The molecule has 0 spiro atoms. The predicted octanol–water partition coefficient (Wildman–Crippen LogP) is 1.90. The van der Waals surface area contributed by atoms with Crippen LogP contribution in [0.3, 0.4) is 0 Å². The van der Waals surface area contributed by atoms with E-state index in [0.717, 1.165) is 12.1 Å². The lowest BCUT2D eigenvalue weighted by molar-refractivity contribution is 0.0718. The zero-order chi connectivity index (χ0) is 15.5. The summed E-state index contributed by atoms with van der Waals surface area (Å²) in [6, 6.07) is 3.47. The highest BCUT2D eigenvalue weighted by Gasteiger charge is 2.24. The largest absolute Gasteiger partial charge is 0.472 e. The van der Waals surface area contributed by atoms with E-state index in [4.69, 9.17) is 4.42 Å². The minimum Gasteiger partial charge on any atom is -0.472 e. The second-order valence-electron chi connectivity index (χ2n) is 5.47. The summed E-state index contributed by atoms with van der Waals surface area (Å²) in [5.41, 5.74) is 2.14. The van der Waals surface area contributed by atoms with E-state index in [2.05, 4.69) is 4.98 Å². The molecule has 0 radical (unpaired) electrons. The Morgan fingerprint density at radius 3 is 2.41 bits per heavy atom. The molecule has 6 heteroatoms. The molecule has 2 amide bonds. The topological polar surface area (TPSA) is 69.6 Å². The Hall–Kier alpha value is -2.50. The average molecular weight is 301 g/mol. The van der Waals surface area contributed by atoms with Gasteiger partial charge in [0.2, 0.25) is 0 Å². The number of nitrogens with zero attached hydrogens (tertiary/aromatic N) is 2. The second-order valence-corrected chi connectivity index (χ2v) is 5.47. The summed E-state index contributed by atoms with van der Waals surface area (Å²) in [6.45, 7) is 4.30. The molecule has 0 aliphatic carbocycles.